The molecule has 4 rings (SSSR count). The standard InChI is InChI=1S/C24H38FN3O5S/c1-15-4-2-7-20(25)23(15)24(30)27-17-8-9-22-21(11-17)28(13-18(14-29)33-22)34(31,32)19-6-3-5-16(10-19)12-26/h15-23,29H,2-11,13-14H2,1H3,(H,27,30)/t15?,16?,17?,18-,19?,20?,21?,22?,23?/m1/s1. The lowest BCUT2D eigenvalue weighted by Gasteiger charge is -2.49. The maximum absolute atomic E-state index is 14.5. The Hall–Kier alpha value is -1.28. The molecule has 0 spiro atoms. The maximum Gasteiger partial charge on any atom is 0.226 e. The van der Waals surface area contributed by atoms with Gasteiger partial charge in [0, 0.05) is 18.5 Å². The number of amides is 1. The van der Waals surface area contributed by atoms with E-state index in [9.17, 15) is 28.0 Å². The van der Waals surface area contributed by atoms with Crippen molar-refractivity contribution in [2.45, 2.75) is 107 Å². The molecule has 0 bridgehead atoms. The van der Waals surface area contributed by atoms with E-state index in [1.165, 1.54) is 4.31 Å². The van der Waals surface area contributed by atoms with Crippen molar-refractivity contribution in [2.75, 3.05) is 13.2 Å². The highest BCUT2D eigenvalue weighted by Gasteiger charge is 2.49. The van der Waals surface area contributed by atoms with E-state index >= 15 is 0 Å². The Kier molecular flexibility index (Phi) is 8.17. The molecule has 0 aromatic heterocycles. The molecule has 2 N–H and O–H groups in total. The van der Waals surface area contributed by atoms with Crippen LogP contribution in [0.2, 0.25) is 0 Å². The van der Waals surface area contributed by atoms with Gasteiger partial charge in [0.25, 0.3) is 0 Å². The summed E-state index contributed by atoms with van der Waals surface area (Å²) in [6.07, 6.45) is 3.81. The molecule has 34 heavy (non-hydrogen) atoms. The van der Waals surface area contributed by atoms with Crippen LogP contribution < -0.4 is 5.32 Å². The Bertz CT molecular complexity index is 870. The first-order chi connectivity index (χ1) is 16.2. The van der Waals surface area contributed by atoms with Crippen LogP contribution in [0.25, 0.3) is 0 Å². The lowest BCUT2D eigenvalue weighted by atomic mass is 9.78. The molecule has 3 aliphatic carbocycles. The van der Waals surface area contributed by atoms with Gasteiger partial charge >= 0.3 is 0 Å². The maximum atomic E-state index is 14.5. The Labute approximate surface area is 202 Å². The molecule has 0 radical (unpaired) electrons. The topological polar surface area (TPSA) is 120 Å². The molecule has 4 fully saturated rings. The number of nitrogens with one attached hydrogen (secondary N) is 1. The normalized spacial score (nSPS) is 41.8. The van der Waals surface area contributed by atoms with Crippen molar-refractivity contribution in [3.8, 4) is 6.07 Å². The summed E-state index contributed by atoms with van der Waals surface area (Å²) in [5.74, 6) is -1.20. The fourth-order valence-electron chi connectivity index (χ4n) is 6.53. The summed E-state index contributed by atoms with van der Waals surface area (Å²) < 4.78 is 49.5. The number of alkyl halides is 1. The van der Waals surface area contributed by atoms with Crippen molar-refractivity contribution >= 4 is 15.9 Å². The quantitative estimate of drug-likeness (QED) is 0.599. The van der Waals surface area contributed by atoms with E-state index in [0.29, 0.717) is 44.9 Å². The zero-order chi connectivity index (χ0) is 24.5. The minimum atomic E-state index is -3.71. The third-order valence-electron chi connectivity index (χ3n) is 8.43. The van der Waals surface area contributed by atoms with Crippen LogP contribution in [0, 0.1) is 29.1 Å². The van der Waals surface area contributed by atoms with Crippen LogP contribution in [-0.4, -0.2) is 72.6 Å². The van der Waals surface area contributed by atoms with Gasteiger partial charge in [-0.2, -0.15) is 9.57 Å². The molecule has 0 aromatic carbocycles. The average Bonchev–Trinajstić information content (AvgIpc) is 2.83. The number of carbonyl (C=O) groups excluding carboxylic acids is 1. The number of nitrogens with zero attached hydrogens (tertiary/aromatic N) is 2. The molecule has 1 aliphatic heterocycles. The van der Waals surface area contributed by atoms with Crippen LogP contribution in [0.3, 0.4) is 0 Å². The lowest BCUT2D eigenvalue weighted by Crippen LogP contribution is -2.63. The van der Waals surface area contributed by atoms with Crippen molar-refractivity contribution in [2.24, 2.45) is 17.8 Å². The molecule has 1 saturated heterocycles. The average molecular weight is 500 g/mol. The molecular formula is C24H38FN3O5S. The predicted molar refractivity (Wildman–Crippen MR) is 124 cm³/mol. The summed E-state index contributed by atoms with van der Waals surface area (Å²) in [4.78, 5) is 13.0. The molecule has 3 saturated carbocycles. The van der Waals surface area contributed by atoms with Crippen molar-refractivity contribution < 1.29 is 27.4 Å². The number of carbonyl (C=O) groups is 1. The van der Waals surface area contributed by atoms with Crippen LogP contribution in [0.15, 0.2) is 0 Å². The van der Waals surface area contributed by atoms with Crippen molar-refractivity contribution in [3.63, 3.8) is 0 Å². The highest BCUT2D eigenvalue weighted by atomic mass is 32.2. The first kappa shape index (κ1) is 25.8. The SMILES string of the molecule is CC1CCCC(F)C1C(=O)NC1CCC2O[C@@H](CO)CN(S(=O)(=O)C3CCCC(C#N)C3)C2C1. The summed E-state index contributed by atoms with van der Waals surface area (Å²) in [5, 5.41) is 21.5. The molecule has 8 unspecified atom stereocenters. The minimum absolute atomic E-state index is 0.0142. The second kappa shape index (κ2) is 10.8. The Morgan fingerprint density at radius 2 is 1.94 bits per heavy atom. The highest BCUT2D eigenvalue weighted by Crippen LogP contribution is 2.38. The van der Waals surface area contributed by atoms with Crippen molar-refractivity contribution in [3.05, 3.63) is 0 Å². The van der Waals surface area contributed by atoms with Crippen LogP contribution in [0.1, 0.15) is 71.1 Å². The summed E-state index contributed by atoms with van der Waals surface area (Å²) in [5.41, 5.74) is 0. The van der Waals surface area contributed by atoms with Gasteiger partial charge in [0.05, 0.1) is 42.1 Å². The lowest BCUT2D eigenvalue weighted by molar-refractivity contribution is -0.136. The summed E-state index contributed by atoms with van der Waals surface area (Å²) in [6, 6.07) is 1.53. The molecule has 4 aliphatic rings. The van der Waals surface area contributed by atoms with Crippen LogP contribution >= 0.6 is 0 Å². The van der Waals surface area contributed by atoms with E-state index in [4.69, 9.17) is 4.74 Å². The van der Waals surface area contributed by atoms with E-state index in [1.807, 2.05) is 6.92 Å². The second-order valence-corrected chi connectivity index (χ2v) is 12.9. The van der Waals surface area contributed by atoms with E-state index in [2.05, 4.69) is 11.4 Å². The molecule has 10 heteroatoms. The Balaban J connectivity index is 1.49. The minimum Gasteiger partial charge on any atom is -0.394 e. The number of aliphatic hydroxyl groups excluding tert-OH is 1. The largest absolute Gasteiger partial charge is 0.394 e. The fourth-order valence-corrected chi connectivity index (χ4v) is 8.82. The van der Waals surface area contributed by atoms with Gasteiger partial charge < -0.3 is 15.2 Å². The van der Waals surface area contributed by atoms with E-state index in [0.717, 1.165) is 19.3 Å². The smallest absolute Gasteiger partial charge is 0.226 e. The fraction of sp³-hybridized carbons (Fsp3) is 0.917. The molecule has 1 heterocycles. The van der Waals surface area contributed by atoms with Gasteiger partial charge in [0.1, 0.15) is 6.17 Å². The molecule has 192 valence electrons. The first-order valence-corrected chi connectivity index (χ1v) is 14.4. The number of rotatable bonds is 5. The van der Waals surface area contributed by atoms with Crippen LogP contribution in [0.5, 0.6) is 0 Å². The number of fused-ring (bicyclic) bond motifs is 1. The number of morpholine rings is 1. The van der Waals surface area contributed by atoms with E-state index in [1.54, 1.807) is 0 Å². The third-order valence-corrected chi connectivity index (χ3v) is 10.8. The number of hydrogen-bond acceptors (Lipinski definition) is 6. The predicted octanol–water partition coefficient (Wildman–Crippen LogP) is 2.27. The van der Waals surface area contributed by atoms with Crippen molar-refractivity contribution in [1.82, 2.24) is 9.62 Å². The monoisotopic (exact) mass is 499 g/mol. The van der Waals surface area contributed by atoms with E-state index in [-0.39, 0.29) is 43.0 Å². The number of halogens is 1. The second-order valence-electron chi connectivity index (χ2n) is 10.7. The summed E-state index contributed by atoms with van der Waals surface area (Å²) >= 11 is 0. The molecule has 9 atom stereocenters. The number of ether oxygens (including phenoxy) is 1. The molecule has 0 aromatic rings. The number of hydrogen-bond donors (Lipinski definition) is 2. The molecular weight excluding hydrogens is 461 g/mol. The first-order valence-electron chi connectivity index (χ1n) is 12.9. The van der Waals surface area contributed by atoms with E-state index < -0.39 is 39.5 Å². The van der Waals surface area contributed by atoms with Crippen molar-refractivity contribution in [1.29, 1.82) is 5.26 Å². The third kappa shape index (κ3) is 5.28. The van der Waals surface area contributed by atoms with Crippen LogP contribution in [-0.2, 0) is 19.6 Å². The van der Waals surface area contributed by atoms with Crippen LogP contribution in [0.4, 0.5) is 4.39 Å². The summed E-state index contributed by atoms with van der Waals surface area (Å²) in [7, 11) is -3.71. The van der Waals surface area contributed by atoms with Gasteiger partial charge in [-0.25, -0.2) is 12.8 Å². The zero-order valence-corrected chi connectivity index (χ0v) is 20.8. The van der Waals surface area contributed by atoms with Gasteiger partial charge in [-0.15, -0.1) is 0 Å². The summed E-state index contributed by atoms with van der Waals surface area (Å²) in [6.45, 7) is 1.73. The van der Waals surface area contributed by atoms with Gasteiger partial charge in [-0.05, 0) is 57.3 Å². The number of sulfonamides is 1. The Morgan fingerprint density at radius 3 is 2.65 bits per heavy atom. The van der Waals surface area contributed by atoms with Gasteiger partial charge in [-0.1, -0.05) is 19.8 Å². The van der Waals surface area contributed by atoms with Gasteiger partial charge in [0.15, 0.2) is 0 Å². The number of nitriles is 1. The zero-order valence-electron chi connectivity index (χ0n) is 19.9. The van der Waals surface area contributed by atoms with Gasteiger partial charge in [0.2, 0.25) is 15.9 Å². The number of aliphatic hydroxyl groups is 1. The highest BCUT2D eigenvalue weighted by molar-refractivity contribution is 7.89. The van der Waals surface area contributed by atoms with Gasteiger partial charge in [-0.3, -0.25) is 4.79 Å². The molecule has 1 amide bonds. The Morgan fingerprint density at radius 1 is 1.18 bits per heavy atom. The molecule has 8 nitrogen and oxygen atoms in total.